The van der Waals surface area contributed by atoms with Gasteiger partial charge in [0.05, 0.1) is 17.0 Å². The second kappa shape index (κ2) is 5.69. The molecule has 1 aromatic heterocycles. The van der Waals surface area contributed by atoms with Crippen LogP contribution < -0.4 is 16.0 Å². The highest BCUT2D eigenvalue weighted by molar-refractivity contribution is 6.30. The van der Waals surface area contributed by atoms with Crippen LogP contribution in [0.4, 0.5) is 0 Å². The lowest BCUT2D eigenvalue weighted by molar-refractivity contribution is 0.397. The van der Waals surface area contributed by atoms with Gasteiger partial charge < -0.3 is 15.5 Å². The molecule has 6 heteroatoms. The fourth-order valence-electron chi connectivity index (χ4n) is 3.16. The second-order valence-corrected chi connectivity index (χ2v) is 6.16. The molecule has 2 heterocycles. The Hall–Kier alpha value is -3.23. The van der Waals surface area contributed by atoms with Crippen molar-refractivity contribution in [3.8, 4) is 11.8 Å². The summed E-state index contributed by atoms with van der Waals surface area (Å²) in [6, 6.07) is 16.4. The molecule has 1 atom stereocenters. The highest BCUT2D eigenvalue weighted by Crippen LogP contribution is 2.42. The number of nitrogens with zero attached hydrogens (tertiary/aromatic N) is 1. The van der Waals surface area contributed by atoms with E-state index in [-0.39, 0.29) is 17.0 Å². The molecule has 1 unspecified atom stereocenters. The van der Waals surface area contributed by atoms with Gasteiger partial charge in [0, 0.05) is 10.4 Å². The van der Waals surface area contributed by atoms with E-state index in [1.54, 1.807) is 30.3 Å². The summed E-state index contributed by atoms with van der Waals surface area (Å²) in [6.07, 6.45) is 0. The third-order valence-corrected chi connectivity index (χ3v) is 4.54. The van der Waals surface area contributed by atoms with E-state index in [0.29, 0.717) is 21.9 Å². The van der Waals surface area contributed by atoms with E-state index in [9.17, 15) is 10.1 Å². The first-order valence-electron chi connectivity index (χ1n) is 7.58. The molecular formula is C19H12ClN3O2. The molecule has 3 N–H and O–H groups in total. The Balaban J connectivity index is 2.08. The van der Waals surface area contributed by atoms with Crippen LogP contribution in [0, 0.1) is 11.3 Å². The van der Waals surface area contributed by atoms with E-state index in [1.807, 2.05) is 18.2 Å². The van der Waals surface area contributed by atoms with Gasteiger partial charge in [-0.25, -0.2) is 0 Å². The van der Waals surface area contributed by atoms with Crippen LogP contribution in [0.1, 0.15) is 17.0 Å². The molecule has 0 bridgehead atoms. The maximum Gasteiger partial charge on any atom is 0.256 e. The van der Waals surface area contributed by atoms with Gasteiger partial charge in [0.15, 0.2) is 0 Å². The molecule has 0 radical (unpaired) electrons. The molecule has 0 saturated carbocycles. The van der Waals surface area contributed by atoms with E-state index in [4.69, 9.17) is 22.1 Å². The standard InChI is InChI=1S/C19H12ClN3O2/c20-11-7-5-10(6-8-11)15-13(9-21)18(22)25-17-12-3-1-2-4-14(12)23-19(24)16(15)17/h1-8,15H,22H2,(H,23,24). The van der Waals surface area contributed by atoms with Gasteiger partial charge in [0.1, 0.15) is 17.4 Å². The average Bonchev–Trinajstić information content (AvgIpc) is 2.61. The first kappa shape index (κ1) is 15.3. The molecule has 0 fully saturated rings. The lowest BCUT2D eigenvalue weighted by Crippen LogP contribution is -2.27. The SMILES string of the molecule is N#CC1=C(N)Oc2c(c(=O)[nH]c3ccccc23)C1c1ccc(Cl)cc1. The number of hydrogen-bond acceptors (Lipinski definition) is 4. The second-order valence-electron chi connectivity index (χ2n) is 5.72. The summed E-state index contributed by atoms with van der Waals surface area (Å²) < 4.78 is 5.69. The van der Waals surface area contributed by atoms with Gasteiger partial charge in [0.2, 0.25) is 5.88 Å². The van der Waals surface area contributed by atoms with E-state index < -0.39 is 5.92 Å². The Morgan fingerprint density at radius 1 is 1.16 bits per heavy atom. The number of H-pyrrole nitrogens is 1. The Labute approximate surface area is 147 Å². The molecule has 0 amide bonds. The molecule has 122 valence electrons. The number of fused-ring (bicyclic) bond motifs is 3. The number of para-hydroxylation sites is 1. The minimum atomic E-state index is -0.612. The summed E-state index contributed by atoms with van der Waals surface area (Å²) in [4.78, 5) is 15.6. The smallest absolute Gasteiger partial charge is 0.256 e. The minimum Gasteiger partial charge on any atom is -0.439 e. The maximum absolute atomic E-state index is 12.8. The summed E-state index contributed by atoms with van der Waals surface area (Å²) in [6.45, 7) is 0. The maximum atomic E-state index is 12.8. The zero-order valence-electron chi connectivity index (χ0n) is 12.9. The minimum absolute atomic E-state index is 0.00528. The molecular weight excluding hydrogens is 338 g/mol. The lowest BCUT2D eigenvalue weighted by atomic mass is 9.83. The van der Waals surface area contributed by atoms with Crippen LogP contribution in [0.2, 0.25) is 5.02 Å². The predicted molar refractivity (Wildman–Crippen MR) is 95.3 cm³/mol. The topological polar surface area (TPSA) is 91.9 Å². The molecule has 1 aliphatic heterocycles. The number of nitrogens with two attached hydrogens (primary N) is 1. The van der Waals surface area contributed by atoms with Crippen LogP contribution in [-0.4, -0.2) is 4.98 Å². The number of benzene rings is 2. The monoisotopic (exact) mass is 349 g/mol. The van der Waals surface area contributed by atoms with Crippen molar-refractivity contribution in [3.63, 3.8) is 0 Å². The number of nitrogens with one attached hydrogen (secondary N) is 1. The number of rotatable bonds is 1. The fourth-order valence-corrected chi connectivity index (χ4v) is 3.29. The number of allylic oxidation sites excluding steroid dienone is 1. The number of nitriles is 1. The number of aromatic nitrogens is 1. The molecule has 0 spiro atoms. The van der Waals surface area contributed by atoms with Gasteiger partial charge in [-0.2, -0.15) is 5.26 Å². The number of aromatic amines is 1. The largest absolute Gasteiger partial charge is 0.439 e. The van der Waals surface area contributed by atoms with Gasteiger partial charge in [-0.05, 0) is 29.8 Å². The van der Waals surface area contributed by atoms with Crippen molar-refractivity contribution in [2.45, 2.75) is 5.92 Å². The van der Waals surface area contributed by atoms with Gasteiger partial charge >= 0.3 is 0 Å². The quantitative estimate of drug-likeness (QED) is 0.704. The molecule has 2 aromatic carbocycles. The van der Waals surface area contributed by atoms with Crippen molar-refractivity contribution in [2.75, 3.05) is 0 Å². The van der Waals surface area contributed by atoms with Crippen LogP contribution in [0.3, 0.4) is 0 Å². The summed E-state index contributed by atoms with van der Waals surface area (Å²) in [5, 5.41) is 10.9. The Bertz CT molecular complexity index is 1120. The van der Waals surface area contributed by atoms with E-state index in [1.165, 1.54) is 0 Å². The van der Waals surface area contributed by atoms with Crippen LogP contribution in [0.5, 0.6) is 5.75 Å². The van der Waals surface area contributed by atoms with Crippen molar-refractivity contribution in [2.24, 2.45) is 5.73 Å². The van der Waals surface area contributed by atoms with Gasteiger partial charge in [0.25, 0.3) is 5.56 Å². The van der Waals surface area contributed by atoms with Crippen molar-refractivity contribution in [3.05, 3.63) is 86.5 Å². The van der Waals surface area contributed by atoms with Crippen molar-refractivity contribution in [1.29, 1.82) is 5.26 Å². The third-order valence-electron chi connectivity index (χ3n) is 4.29. The van der Waals surface area contributed by atoms with Crippen LogP contribution >= 0.6 is 11.6 Å². The molecule has 25 heavy (non-hydrogen) atoms. The molecule has 5 nitrogen and oxygen atoms in total. The zero-order valence-corrected chi connectivity index (χ0v) is 13.7. The molecule has 4 rings (SSSR count). The molecule has 0 aliphatic carbocycles. The molecule has 3 aromatic rings. The van der Waals surface area contributed by atoms with Crippen molar-refractivity contribution < 1.29 is 4.74 Å². The van der Waals surface area contributed by atoms with Crippen LogP contribution in [0.25, 0.3) is 10.9 Å². The predicted octanol–water partition coefficient (Wildman–Crippen LogP) is 3.40. The van der Waals surface area contributed by atoms with Gasteiger partial charge in [-0.3, -0.25) is 4.79 Å². The van der Waals surface area contributed by atoms with Crippen molar-refractivity contribution >= 4 is 22.5 Å². The summed E-state index contributed by atoms with van der Waals surface area (Å²) in [7, 11) is 0. The number of ether oxygens (including phenoxy) is 1. The Morgan fingerprint density at radius 3 is 2.60 bits per heavy atom. The van der Waals surface area contributed by atoms with E-state index in [0.717, 1.165) is 10.9 Å². The molecule has 0 saturated heterocycles. The first-order valence-corrected chi connectivity index (χ1v) is 7.96. The van der Waals surface area contributed by atoms with Crippen LogP contribution in [0.15, 0.2) is 64.8 Å². The zero-order chi connectivity index (χ0) is 17.6. The number of pyridine rings is 1. The molecule has 1 aliphatic rings. The highest BCUT2D eigenvalue weighted by atomic mass is 35.5. The lowest BCUT2D eigenvalue weighted by Gasteiger charge is -2.26. The van der Waals surface area contributed by atoms with Crippen molar-refractivity contribution in [1.82, 2.24) is 4.98 Å². The first-order chi connectivity index (χ1) is 12.1. The van der Waals surface area contributed by atoms with Crippen LogP contribution in [-0.2, 0) is 0 Å². The summed E-state index contributed by atoms with van der Waals surface area (Å²) in [5.74, 6) is -0.221. The summed E-state index contributed by atoms with van der Waals surface area (Å²) >= 11 is 5.96. The normalized spacial score (nSPS) is 16.2. The Morgan fingerprint density at radius 2 is 1.88 bits per heavy atom. The number of halogens is 1. The van der Waals surface area contributed by atoms with E-state index in [2.05, 4.69) is 11.1 Å². The number of hydrogen-bond donors (Lipinski definition) is 2. The van der Waals surface area contributed by atoms with Gasteiger partial charge in [-0.1, -0.05) is 35.9 Å². The third kappa shape index (κ3) is 2.35. The highest BCUT2D eigenvalue weighted by Gasteiger charge is 2.34. The summed E-state index contributed by atoms with van der Waals surface area (Å²) in [5.41, 5.74) is 7.65. The Kier molecular flexibility index (Phi) is 3.48. The fraction of sp³-hybridized carbons (Fsp3) is 0.0526. The van der Waals surface area contributed by atoms with Gasteiger partial charge in [-0.15, -0.1) is 0 Å². The van der Waals surface area contributed by atoms with E-state index >= 15 is 0 Å². The average molecular weight is 350 g/mol.